The fraction of sp³-hybridized carbons (Fsp3) is 0.400. The molecule has 1 saturated carbocycles. The number of nitrogens with zero attached hydrogens (tertiary/aromatic N) is 3. The third-order valence-corrected chi connectivity index (χ3v) is 4.00. The van der Waals surface area contributed by atoms with Gasteiger partial charge in [0.05, 0.1) is 5.69 Å². The van der Waals surface area contributed by atoms with Gasteiger partial charge in [-0.2, -0.15) is 5.10 Å². The summed E-state index contributed by atoms with van der Waals surface area (Å²) in [6.07, 6.45) is 2.06. The van der Waals surface area contributed by atoms with Crippen LogP contribution < -0.4 is 22.1 Å². The van der Waals surface area contributed by atoms with Crippen LogP contribution in [0.3, 0.4) is 0 Å². The number of amides is 1. The van der Waals surface area contributed by atoms with Crippen LogP contribution in [0, 0.1) is 0 Å². The molecule has 24 heavy (non-hydrogen) atoms. The van der Waals surface area contributed by atoms with E-state index in [0.29, 0.717) is 5.92 Å². The van der Waals surface area contributed by atoms with E-state index in [1.807, 2.05) is 0 Å². The van der Waals surface area contributed by atoms with E-state index < -0.39 is 23.2 Å². The van der Waals surface area contributed by atoms with Crippen molar-refractivity contribution in [2.75, 3.05) is 5.32 Å². The number of nitrogens with one attached hydrogen (secondary N) is 2. The molecule has 3 rings (SSSR count). The van der Waals surface area contributed by atoms with Gasteiger partial charge in [0.2, 0.25) is 5.91 Å². The smallest absolute Gasteiger partial charge is 0.310 e. The molecule has 0 saturated heterocycles. The Morgan fingerprint density at radius 3 is 2.71 bits per heavy atom. The monoisotopic (exact) mass is 331 g/mol. The molecule has 0 aromatic carbocycles. The van der Waals surface area contributed by atoms with Gasteiger partial charge in [-0.1, -0.05) is 0 Å². The van der Waals surface area contributed by atoms with Crippen LogP contribution in [0.25, 0.3) is 0 Å². The maximum Gasteiger partial charge on any atom is 0.329 e. The number of carbonyl (C=O) groups is 1. The molecule has 2 N–H and O–H groups in total. The summed E-state index contributed by atoms with van der Waals surface area (Å²) in [6.45, 7) is 1.53. The van der Waals surface area contributed by atoms with Crippen LogP contribution in [0.2, 0.25) is 0 Å². The summed E-state index contributed by atoms with van der Waals surface area (Å²) in [5.74, 6) is -0.147. The molecule has 2 heterocycles. The van der Waals surface area contributed by atoms with E-state index >= 15 is 0 Å². The second kappa shape index (κ2) is 5.91. The van der Waals surface area contributed by atoms with Crippen molar-refractivity contribution in [1.29, 1.82) is 0 Å². The number of aromatic nitrogens is 4. The largest absolute Gasteiger partial charge is 0.329 e. The second-order valence-corrected chi connectivity index (χ2v) is 5.86. The van der Waals surface area contributed by atoms with Crippen molar-refractivity contribution in [3.63, 3.8) is 0 Å². The zero-order valence-corrected chi connectivity index (χ0v) is 13.3. The minimum atomic E-state index is -0.884. The van der Waals surface area contributed by atoms with Gasteiger partial charge in [-0.25, -0.2) is 9.48 Å². The van der Waals surface area contributed by atoms with Gasteiger partial charge < -0.3 is 5.32 Å². The van der Waals surface area contributed by atoms with Gasteiger partial charge >= 0.3 is 5.69 Å². The maximum absolute atomic E-state index is 12.4. The predicted octanol–water partition coefficient (Wildman–Crippen LogP) is -0.293. The van der Waals surface area contributed by atoms with Crippen molar-refractivity contribution in [3.05, 3.63) is 55.1 Å². The third kappa shape index (κ3) is 3.05. The highest BCUT2D eigenvalue weighted by Crippen LogP contribution is 2.38. The van der Waals surface area contributed by atoms with E-state index in [4.69, 9.17) is 0 Å². The topological polar surface area (TPSA) is 119 Å². The lowest BCUT2D eigenvalue weighted by Crippen LogP contribution is -2.36. The normalized spacial score (nSPS) is 15.1. The molecule has 2 aromatic heterocycles. The SMILES string of the molecule is CC(C(=O)Nc1cc(=O)[nH]c(=O)n1C)n1nc(C2CC2)ccc1=O. The molecule has 1 unspecified atom stereocenters. The van der Waals surface area contributed by atoms with E-state index in [1.165, 1.54) is 20.0 Å². The molecule has 0 radical (unpaired) electrons. The molecule has 1 amide bonds. The average molecular weight is 331 g/mol. The van der Waals surface area contributed by atoms with E-state index in [1.54, 1.807) is 6.07 Å². The Morgan fingerprint density at radius 1 is 1.33 bits per heavy atom. The van der Waals surface area contributed by atoms with E-state index in [0.717, 1.165) is 33.9 Å². The van der Waals surface area contributed by atoms with Crippen LogP contribution in [0.4, 0.5) is 5.82 Å². The van der Waals surface area contributed by atoms with Crippen LogP contribution in [-0.4, -0.2) is 25.2 Å². The number of hydrogen-bond donors (Lipinski definition) is 2. The summed E-state index contributed by atoms with van der Waals surface area (Å²) >= 11 is 0. The van der Waals surface area contributed by atoms with Crippen molar-refractivity contribution in [2.45, 2.75) is 31.7 Å². The first-order valence-electron chi connectivity index (χ1n) is 7.58. The minimum Gasteiger partial charge on any atom is -0.310 e. The number of H-pyrrole nitrogens is 1. The first kappa shape index (κ1) is 15.9. The highest BCUT2D eigenvalue weighted by atomic mass is 16.2. The summed E-state index contributed by atoms with van der Waals surface area (Å²) < 4.78 is 2.22. The van der Waals surface area contributed by atoms with E-state index in [2.05, 4.69) is 15.4 Å². The van der Waals surface area contributed by atoms with Gasteiger partial charge in [-0.15, -0.1) is 0 Å². The predicted molar refractivity (Wildman–Crippen MR) is 86.1 cm³/mol. The Kier molecular flexibility index (Phi) is 3.92. The molecule has 126 valence electrons. The van der Waals surface area contributed by atoms with Crippen LogP contribution in [-0.2, 0) is 11.8 Å². The van der Waals surface area contributed by atoms with Crippen molar-refractivity contribution < 1.29 is 4.79 Å². The van der Waals surface area contributed by atoms with Gasteiger partial charge in [0.15, 0.2) is 0 Å². The lowest BCUT2D eigenvalue weighted by Gasteiger charge is -2.15. The zero-order valence-electron chi connectivity index (χ0n) is 13.3. The van der Waals surface area contributed by atoms with Crippen molar-refractivity contribution in [1.82, 2.24) is 19.3 Å². The molecular formula is C15H17N5O4. The van der Waals surface area contributed by atoms with Crippen molar-refractivity contribution in [2.24, 2.45) is 7.05 Å². The standard InChI is InChI=1S/C15H17N5O4/c1-8(20-13(22)6-5-10(18-20)9-3-4-9)14(23)16-11-7-12(21)17-15(24)19(11)2/h5-9H,3-4H2,1-2H3,(H,16,23)(H,17,21,24). The number of aromatic amines is 1. The molecule has 0 spiro atoms. The third-order valence-electron chi connectivity index (χ3n) is 4.00. The molecule has 1 fully saturated rings. The average Bonchev–Trinajstić information content (AvgIpc) is 3.36. The number of anilines is 1. The minimum absolute atomic E-state index is 0.0481. The molecule has 1 aliphatic rings. The molecule has 2 aromatic rings. The van der Waals surface area contributed by atoms with Crippen LogP contribution >= 0.6 is 0 Å². The molecule has 9 nitrogen and oxygen atoms in total. The Morgan fingerprint density at radius 2 is 2.04 bits per heavy atom. The van der Waals surface area contributed by atoms with Gasteiger partial charge in [0.25, 0.3) is 11.1 Å². The zero-order chi connectivity index (χ0) is 17.4. The molecular weight excluding hydrogens is 314 g/mol. The fourth-order valence-electron chi connectivity index (χ4n) is 2.33. The molecule has 9 heteroatoms. The highest BCUT2D eigenvalue weighted by Gasteiger charge is 2.27. The molecule has 1 aliphatic carbocycles. The summed E-state index contributed by atoms with van der Waals surface area (Å²) in [5, 5.41) is 6.75. The summed E-state index contributed by atoms with van der Waals surface area (Å²) in [7, 11) is 1.41. The van der Waals surface area contributed by atoms with Crippen LogP contribution in [0.1, 0.15) is 37.4 Å². The van der Waals surface area contributed by atoms with Crippen LogP contribution in [0.15, 0.2) is 32.6 Å². The highest BCUT2D eigenvalue weighted by molar-refractivity contribution is 5.92. The molecule has 1 atom stereocenters. The summed E-state index contributed by atoms with van der Waals surface area (Å²) in [6, 6.07) is 3.29. The van der Waals surface area contributed by atoms with E-state index in [9.17, 15) is 19.2 Å². The van der Waals surface area contributed by atoms with Crippen LogP contribution in [0.5, 0.6) is 0 Å². The first-order chi connectivity index (χ1) is 11.4. The lowest BCUT2D eigenvalue weighted by molar-refractivity contribution is -0.119. The van der Waals surface area contributed by atoms with Crippen molar-refractivity contribution in [3.8, 4) is 0 Å². The van der Waals surface area contributed by atoms with Gasteiger partial charge in [-0.3, -0.25) is 23.9 Å². The summed E-state index contributed by atoms with van der Waals surface area (Å²) in [4.78, 5) is 49.4. The van der Waals surface area contributed by atoms with E-state index in [-0.39, 0.29) is 11.4 Å². The first-order valence-corrected chi connectivity index (χ1v) is 7.58. The quantitative estimate of drug-likeness (QED) is 0.798. The van der Waals surface area contributed by atoms with Gasteiger partial charge in [0.1, 0.15) is 11.9 Å². The van der Waals surface area contributed by atoms with Gasteiger partial charge in [0, 0.05) is 25.1 Å². The fourth-order valence-corrected chi connectivity index (χ4v) is 2.33. The summed E-state index contributed by atoms with van der Waals surface area (Å²) in [5.41, 5.74) is -0.858. The number of carbonyl (C=O) groups excluding carboxylic acids is 1. The Labute approximate surface area is 136 Å². The molecule has 0 bridgehead atoms. The number of rotatable bonds is 4. The molecule has 0 aliphatic heterocycles. The van der Waals surface area contributed by atoms with Gasteiger partial charge in [-0.05, 0) is 25.8 Å². The number of hydrogen-bond acceptors (Lipinski definition) is 5. The Hall–Kier alpha value is -2.97. The second-order valence-electron chi connectivity index (χ2n) is 5.86. The van der Waals surface area contributed by atoms with Crippen molar-refractivity contribution >= 4 is 11.7 Å². The maximum atomic E-state index is 12.4. The Bertz CT molecular complexity index is 967. The lowest BCUT2D eigenvalue weighted by atomic mass is 10.2. The Balaban J connectivity index is 1.88.